The Hall–Kier alpha value is -2.10. The van der Waals surface area contributed by atoms with Crippen LogP contribution in [0.4, 0.5) is 5.69 Å². The smallest absolute Gasteiger partial charge is 0.239 e. The summed E-state index contributed by atoms with van der Waals surface area (Å²) in [6.07, 6.45) is 1.71. The molecule has 4 nitrogen and oxygen atoms in total. The molecule has 1 aromatic carbocycles. The van der Waals surface area contributed by atoms with Crippen LogP contribution in [0, 0.1) is 0 Å². The van der Waals surface area contributed by atoms with Gasteiger partial charge in [0.2, 0.25) is 5.91 Å². The molecule has 1 amide bonds. The van der Waals surface area contributed by atoms with Gasteiger partial charge in [0.05, 0.1) is 5.52 Å². The van der Waals surface area contributed by atoms with Crippen molar-refractivity contribution in [3.8, 4) is 0 Å². The highest BCUT2D eigenvalue weighted by Gasteiger charge is 2.09. The van der Waals surface area contributed by atoms with Crippen LogP contribution in [0.25, 0.3) is 10.9 Å². The zero-order chi connectivity index (χ0) is 11.5. The van der Waals surface area contributed by atoms with Gasteiger partial charge in [-0.15, -0.1) is 0 Å². The molecule has 4 heteroatoms. The summed E-state index contributed by atoms with van der Waals surface area (Å²) < 4.78 is 0. The zero-order valence-corrected chi connectivity index (χ0v) is 8.97. The maximum Gasteiger partial charge on any atom is 0.239 e. The number of amides is 1. The minimum Gasteiger partial charge on any atom is -0.373 e. The van der Waals surface area contributed by atoms with E-state index in [4.69, 9.17) is 5.73 Å². The fourth-order valence-electron chi connectivity index (χ4n) is 1.53. The summed E-state index contributed by atoms with van der Waals surface area (Å²) in [5.41, 5.74) is 6.98. The third-order valence-corrected chi connectivity index (χ3v) is 2.45. The van der Waals surface area contributed by atoms with E-state index in [1.54, 1.807) is 13.1 Å². The Balaban J connectivity index is 2.41. The van der Waals surface area contributed by atoms with Crippen molar-refractivity contribution >= 4 is 22.5 Å². The molecule has 0 aliphatic carbocycles. The Bertz CT molecular complexity index is 519. The number of hydrogen-bond donors (Lipinski definition) is 2. The number of pyridine rings is 1. The van der Waals surface area contributed by atoms with Gasteiger partial charge in [-0.3, -0.25) is 9.78 Å². The summed E-state index contributed by atoms with van der Waals surface area (Å²) >= 11 is 0. The molecule has 0 aliphatic rings. The lowest BCUT2D eigenvalue weighted by Crippen LogP contribution is -2.32. The van der Waals surface area contributed by atoms with Crippen LogP contribution in [-0.4, -0.2) is 16.9 Å². The van der Waals surface area contributed by atoms with E-state index in [2.05, 4.69) is 10.3 Å². The molecular weight excluding hydrogens is 202 g/mol. The molecule has 0 saturated heterocycles. The van der Waals surface area contributed by atoms with Crippen LogP contribution < -0.4 is 11.1 Å². The van der Waals surface area contributed by atoms with Crippen molar-refractivity contribution in [2.75, 3.05) is 5.32 Å². The summed E-state index contributed by atoms with van der Waals surface area (Å²) in [5.74, 6) is -0.374. The summed E-state index contributed by atoms with van der Waals surface area (Å²) in [6.45, 7) is 1.73. The number of aromatic nitrogens is 1. The van der Waals surface area contributed by atoms with Crippen LogP contribution in [0.3, 0.4) is 0 Å². The molecule has 1 atom stereocenters. The summed E-state index contributed by atoms with van der Waals surface area (Å²) in [4.78, 5) is 15.2. The van der Waals surface area contributed by atoms with E-state index in [-0.39, 0.29) is 5.91 Å². The highest BCUT2D eigenvalue weighted by molar-refractivity contribution is 5.93. The van der Waals surface area contributed by atoms with Crippen LogP contribution in [-0.2, 0) is 4.79 Å². The van der Waals surface area contributed by atoms with E-state index in [1.165, 1.54) is 0 Å². The largest absolute Gasteiger partial charge is 0.373 e. The van der Waals surface area contributed by atoms with Gasteiger partial charge in [0.15, 0.2) is 0 Å². The van der Waals surface area contributed by atoms with Crippen molar-refractivity contribution in [3.05, 3.63) is 36.5 Å². The Kier molecular flexibility index (Phi) is 2.72. The van der Waals surface area contributed by atoms with Gasteiger partial charge in [-0.1, -0.05) is 18.2 Å². The number of benzene rings is 1. The number of hydrogen-bond acceptors (Lipinski definition) is 3. The van der Waals surface area contributed by atoms with E-state index in [1.807, 2.05) is 30.3 Å². The second-order valence-corrected chi connectivity index (χ2v) is 3.64. The lowest BCUT2D eigenvalue weighted by atomic mass is 10.1. The number of carbonyl (C=O) groups is 1. The van der Waals surface area contributed by atoms with E-state index in [0.29, 0.717) is 0 Å². The maximum absolute atomic E-state index is 11.0. The van der Waals surface area contributed by atoms with Gasteiger partial charge in [-0.2, -0.15) is 0 Å². The molecule has 0 spiro atoms. The first-order valence-electron chi connectivity index (χ1n) is 5.08. The second kappa shape index (κ2) is 4.18. The molecule has 2 aromatic rings. The van der Waals surface area contributed by atoms with Crippen molar-refractivity contribution in [1.82, 2.24) is 4.98 Å². The number of fused-ring (bicyclic) bond motifs is 1. The predicted molar refractivity (Wildman–Crippen MR) is 64.0 cm³/mol. The van der Waals surface area contributed by atoms with E-state index < -0.39 is 6.04 Å². The first kappa shape index (κ1) is 10.4. The van der Waals surface area contributed by atoms with Crippen molar-refractivity contribution in [3.63, 3.8) is 0 Å². The Morgan fingerprint density at radius 1 is 1.38 bits per heavy atom. The molecule has 0 fully saturated rings. The fourth-order valence-corrected chi connectivity index (χ4v) is 1.53. The lowest BCUT2D eigenvalue weighted by Gasteiger charge is -2.13. The highest BCUT2D eigenvalue weighted by atomic mass is 16.1. The van der Waals surface area contributed by atoms with E-state index in [9.17, 15) is 4.79 Å². The minimum atomic E-state index is -0.397. The van der Waals surface area contributed by atoms with Gasteiger partial charge >= 0.3 is 0 Å². The van der Waals surface area contributed by atoms with Crippen LogP contribution in [0.1, 0.15) is 6.92 Å². The van der Waals surface area contributed by atoms with Crippen molar-refractivity contribution in [2.45, 2.75) is 13.0 Å². The van der Waals surface area contributed by atoms with Crippen LogP contribution in [0.5, 0.6) is 0 Å². The number of nitrogens with two attached hydrogens (primary N) is 1. The highest BCUT2D eigenvalue weighted by Crippen LogP contribution is 2.21. The van der Waals surface area contributed by atoms with Crippen molar-refractivity contribution in [2.24, 2.45) is 5.73 Å². The fraction of sp³-hybridized carbons (Fsp3) is 0.167. The summed E-state index contributed by atoms with van der Waals surface area (Å²) in [6, 6.07) is 9.18. The predicted octanol–water partition coefficient (Wildman–Crippen LogP) is 1.52. The number of carbonyl (C=O) groups excluding carboxylic acids is 1. The summed E-state index contributed by atoms with van der Waals surface area (Å²) in [7, 11) is 0. The molecule has 1 unspecified atom stereocenters. The van der Waals surface area contributed by atoms with Crippen molar-refractivity contribution < 1.29 is 4.79 Å². The topological polar surface area (TPSA) is 68.0 Å². The third-order valence-electron chi connectivity index (χ3n) is 2.45. The third kappa shape index (κ3) is 1.95. The molecule has 0 radical (unpaired) electrons. The van der Waals surface area contributed by atoms with Gasteiger partial charge in [0.25, 0.3) is 0 Å². The Morgan fingerprint density at radius 2 is 2.12 bits per heavy atom. The summed E-state index contributed by atoms with van der Waals surface area (Å²) in [5, 5.41) is 4.05. The minimum absolute atomic E-state index is 0.374. The average Bonchev–Trinajstić information content (AvgIpc) is 2.29. The van der Waals surface area contributed by atoms with Crippen LogP contribution in [0.2, 0.25) is 0 Å². The molecule has 0 saturated carbocycles. The number of nitrogens with one attached hydrogen (secondary N) is 1. The molecule has 16 heavy (non-hydrogen) atoms. The number of primary amides is 1. The first-order chi connectivity index (χ1) is 7.68. The quantitative estimate of drug-likeness (QED) is 0.815. The van der Waals surface area contributed by atoms with Gasteiger partial charge in [-0.25, -0.2) is 0 Å². The van der Waals surface area contributed by atoms with Crippen LogP contribution >= 0.6 is 0 Å². The average molecular weight is 215 g/mol. The molecule has 1 heterocycles. The zero-order valence-electron chi connectivity index (χ0n) is 8.97. The normalized spacial score (nSPS) is 12.3. The Morgan fingerprint density at radius 3 is 2.88 bits per heavy atom. The molecule has 0 bridgehead atoms. The molecule has 3 N–H and O–H groups in total. The van der Waals surface area contributed by atoms with Gasteiger partial charge in [0, 0.05) is 17.3 Å². The van der Waals surface area contributed by atoms with Crippen molar-refractivity contribution in [1.29, 1.82) is 0 Å². The maximum atomic E-state index is 11.0. The van der Waals surface area contributed by atoms with E-state index in [0.717, 1.165) is 16.6 Å². The Labute approximate surface area is 93.5 Å². The molecule has 0 aliphatic heterocycles. The number of rotatable bonds is 3. The van der Waals surface area contributed by atoms with Gasteiger partial charge < -0.3 is 11.1 Å². The standard InChI is InChI=1S/C12H13N3O/c1-8(12(13)16)15-11-6-7-14-10-5-3-2-4-9(10)11/h2-8H,1H3,(H2,13,16)(H,14,15). The molecule has 82 valence electrons. The number of anilines is 1. The lowest BCUT2D eigenvalue weighted by molar-refractivity contribution is -0.118. The van der Waals surface area contributed by atoms with Crippen LogP contribution in [0.15, 0.2) is 36.5 Å². The molecular formula is C12H13N3O. The van der Waals surface area contributed by atoms with Gasteiger partial charge in [0.1, 0.15) is 6.04 Å². The first-order valence-corrected chi connectivity index (χ1v) is 5.08. The SMILES string of the molecule is CC(Nc1ccnc2ccccc12)C(N)=O. The molecule has 1 aromatic heterocycles. The van der Waals surface area contributed by atoms with E-state index >= 15 is 0 Å². The number of para-hydroxylation sites is 1. The number of nitrogens with zero attached hydrogens (tertiary/aromatic N) is 1. The monoisotopic (exact) mass is 215 g/mol. The molecule has 2 rings (SSSR count). The second-order valence-electron chi connectivity index (χ2n) is 3.64. The van der Waals surface area contributed by atoms with Gasteiger partial charge in [-0.05, 0) is 19.1 Å².